The molecule has 11 heteroatoms. The lowest BCUT2D eigenvalue weighted by Crippen LogP contribution is -2.44. The number of amides is 2. The van der Waals surface area contributed by atoms with Gasteiger partial charge in [0.2, 0.25) is 0 Å². The molecule has 0 bridgehead atoms. The van der Waals surface area contributed by atoms with E-state index in [-0.39, 0.29) is 6.03 Å². The Hall–Kier alpha value is -4.12. The molecular formula is C27H29N7O3S. The number of benzene rings is 1. The highest BCUT2D eigenvalue weighted by Gasteiger charge is 2.40. The first-order valence-corrected chi connectivity index (χ1v) is 13.5. The molecule has 38 heavy (non-hydrogen) atoms. The van der Waals surface area contributed by atoms with Crippen molar-refractivity contribution in [1.29, 1.82) is 0 Å². The highest BCUT2D eigenvalue weighted by molar-refractivity contribution is 7.22. The second kappa shape index (κ2) is 10.7. The molecule has 196 valence electrons. The Balaban J connectivity index is 1.45. The Morgan fingerprint density at radius 3 is 2.53 bits per heavy atom. The molecule has 4 heterocycles. The number of aromatic nitrogens is 4. The Labute approximate surface area is 224 Å². The molecule has 1 aliphatic rings. The van der Waals surface area contributed by atoms with Gasteiger partial charge in [-0.1, -0.05) is 24.3 Å². The maximum absolute atomic E-state index is 12.1. The zero-order chi connectivity index (χ0) is 26.7. The summed E-state index contributed by atoms with van der Waals surface area (Å²) in [6.07, 6.45) is 7.01. The van der Waals surface area contributed by atoms with Gasteiger partial charge in [0.15, 0.2) is 5.13 Å². The molecule has 0 saturated carbocycles. The summed E-state index contributed by atoms with van der Waals surface area (Å²) in [5.74, 6) is 0.0172. The summed E-state index contributed by atoms with van der Waals surface area (Å²) in [6.45, 7) is 5.57. The van der Waals surface area contributed by atoms with Crippen LogP contribution >= 0.6 is 11.3 Å². The van der Waals surface area contributed by atoms with E-state index in [4.69, 9.17) is 4.98 Å². The van der Waals surface area contributed by atoms with E-state index in [2.05, 4.69) is 30.5 Å². The van der Waals surface area contributed by atoms with Gasteiger partial charge in [-0.2, -0.15) is 0 Å². The largest absolute Gasteiger partial charge is 0.481 e. The van der Waals surface area contributed by atoms with E-state index in [1.165, 1.54) is 11.3 Å². The zero-order valence-electron chi connectivity index (χ0n) is 21.3. The Morgan fingerprint density at radius 1 is 1.08 bits per heavy atom. The highest BCUT2D eigenvalue weighted by Crippen LogP contribution is 2.39. The molecule has 3 aromatic heterocycles. The summed E-state index contributed by atoms with van der Waals surface area (Å²) < 4.78 is 0.912. The van der Waals surface area contributed by atoms with Crippen molar-refractivity contribution in [2.75, 3.05) is 29.9 Å². The summed E-state index contributed by atoms with van der Waals surface area (Å²) in [7, 11) is 0. The van der Waals surface area contributed by atoms with E-state index in [0.717, 1.165) is 32.9 Å². The predicted octanol–water partition coefficient (Wildman–Crippen LogP) is 5.04. The van der Waals surface area contributed by atoms with Crippen LogP contribution in [-0.2, 0) is 4.79 Å². The van der Waals surface area contributed by atoms with Crippen molar-refractivity contribution < 1.29 is 14.7 Å². The summed E-state index contributed by atoms with van der Waals surface area (Å²) in [5.41, 5.74) is 3.28. The molecule has 3 N–H and O–H groups in total. The number of nitrogens with zero attached hydrogens (tertiary/aromatic N) is 5. The molecule has 0 aliphatic carbocycles. The van der Waals surface area contributed by atoms with Crippen LogP contribution in [0.4, 0.5) is 15.7 Å². The first kappa shape index (κ1) is 25.5. The minimum absolute atomic E-state index is 0.301. The molecule has 10 nitrogen and oxygen atoms in total. The van der Waals surface area contributed by atoms with Gasteiger partial charge in [-0.3, -0.25) is 20.1 Å². The molecule has 1 fully saturated rings. The molecule has 1 saturated heterocycles. The summed E-state index contributed by atoms with van der Waals surface area (Å²) >= 11 is 1.39. The number of nitrogens with one attached hydrogen (secondary N) is 2. The summed E-state index contributed by atoms with van der Waals surface area (Å²) in [6, 6.07) is 9.39. The molecule has 0 atom stereocenters. The van der Waals surface area contributed by atoms with Crippen molar-refractivity contribution in [2.24, 2.45) is 5.41 Å². The van der Waals surface area contributed by atoms with Gasteiger partial charge in [0.05, 0.1) is 39.4 Å². The molecule has 5 rings (SSSR count). The van der Waals surface area contributed by atoms with Crippen LogP contribution < -0.4 is 15.5 Å². The number of piperidine rings is 1. The normalized spacial score (nSPS) is 14.8. The van der Waals surface area contributed by atoms with E-state index in [1.807, 2.05) is 44.2 Å². The van der Waals surface area contributed by atoms with Crippen LogP contribution in [0.25, 0.3) is 32.7 Å². The number of carboxylic acids is 1. The number of urea groups is 1. The van der Waals surface area contributed by atoms with Gasteiger partial charge >= 0.3 is 12.0 Å². The lowest BCUT2D eigenvalue weighted by Gasteiger charge is -2.38. The first-order chi connectivity index (χ1) is 18.4. The van der Waals surface area contributed by atoms with Crippen LogP contribution in [0.2, 0.25) is 0 Å². The van der Waals surface area contributed by atoms with Crippen LogP contribution in [0, 0.1) is 5.41 Å². The number of carbonyl (C=O) groups excluding carboxylic acids is 1. The topological polar surface area (TPSA) is 133 Å². The number of carbonyl (C=O) groups is 2. The van der Waals surface area contributed by atoms with Crippen LogP contribution in [0.5, 0.6) is 0 Å². The van der Waals surface area contributed by atoms with Gasteiger partial charge < -0.3 is 15.3 Å². The summed E-state index contributed by atoms with van der Waals surface area (Å²) in [4.78, 5) is 44.5. The minimum atomic E-state index is -0.716. The third kappa shape index (κ3) is 5.01. The Bertz CT molecular complexity index is 1450. The van der Waals surface area contributed by atoms with E-state index in [9.17, 15) is 14.7 Å². The number of hydrogen-bond donors (Lipinski definition) is 3. The Kier molecular flexibility index (Phi) is 7.19. The van der Waals surface area contributed by atoms with Crippen LogP contribution in [-0.4, -0.2) is 56.7 Å². The van der Waals surface area contributed by atoms with Gasteiger partial charge in [0.1, 0.15) is 5.82 Å². The number of anilines is 2. The van der Waals surface area contributed by atoms with Gasteiger partial charge in [0.25, 0.3) is 0 Å². The fourth-order valence-corrected chi connectivity index (χ4v) is 5.73. The van der Waals surface area contributed by atoms with E-state index in [0.29, 0.717) is 49.7 Å². The molecule has 4 aromatic rings. The van der Waals surface area contributed by atoms with Crippen molar-refractivity contribution in [3.63, 3.8) is 0 Å². The fourth-order valence-electron chi connectivity index (χ4n) is 4.76. The molecule has 1 aromatic carbocycles. The average molecular weight is 532 g/mol. The first-order valence-electron chi connectivity index (χ1n) is 12.6. The monoisotopic (exact) mass is 531 g/mol. The summed E-state index contributed by atoms with van der Waals surface area (Å²) in [5, 5.41) is 15.7. The molecule has 0 unspecified atom stereocenters. The number of pyridine rings is 1. The number of rotatable bonds is 7. The van der Waals surface area contributed by atoms with Crippen molar-refractivity contribution in [1.82, 2.24) is 25.3 Å². The predicted molar refractivity (Wildman–Crippen MR) is 148 cm³/mol. The van der Waals surface area contributed by atoms with Gasteiger partial charge in [-0.15, -0.1) is 0 Å². The molecule has 0 spiro atoms. The number of fused-ring (bicyclic) bond motifs is 1. The van der Waals surface area contributed by atoms with Crippen molar-refractivity contribution >= 4 is 44.5 Å². The third-order valence-corrected chi connectivity index (χ3v) is 8.12. The van der Waals surface area contributed by atoms with Crippen LogP contribution in [0.15, 0.2) is 48.9 Å². The molecule has 1 aliphatic heterocycles. The maximum Gasteiger partial charge on any atom is 0.321 e. The second-order valence-electron chi connectivity index (χ2n) is 9.28. The van der Waals surface area contributed by atoms with Gasteiger partial charge in [-0.25, -0.2) is 14.8 Å². The SMILES string of the molecule is CCNC(=O)Nc1nc2cc(-c3cnc(N4CCC(CC)(C(=O)O)CC4)cn3)cc(-c3ccccn3)c2s1. The van der Waals surface area contributed by atoms with Gasteiger partial charge in [0, 0.05) is 37.0 Å². The second-order valence-corrected chi connectivity index (χ2v) is 10.3. The van der Waals surface area contributed by atoms with Crippen LogP contribution in [0.3, 0.4) is 0 Å². The third-order valence-electron chi connectivity index (χ3n) is 7.10. The number of hydrogen-bond acceptors (Lipinski definition) is 8. The molecular weight excluding hydrogens is 502 g/mol. The van der Waals surface area contributed by atoms with E-state index < -0.39 is 11.4 Å². The molecule has 0 radical (unpaired) electrons. The standard InChI is InChI=1S/C27H29N7O3S/c1-3-27(24(35)36)8-11-34(12-9-27)22-16-30-21(15-31-22)17-13-18(19-7-5-6-10-29-19)23-20(14-17)32-26(38-23)33-25(37)28-4-2/h5-7,10,13-16H,3-4,8-9,11-12H2,1-2H3,(H,35,36)(H2,28,32,33,37). The van der Waals surface area contributed by atoms with Crippen molar-refractivity contribution in [3.05, 3.63) is 48.9 Å². The lowest BCUT2D eigenvalue weighted by atomic mass is 9.76. The maximum atomic E-state index is 12.1. The average Bonchev–Trinajstić information content (AvgIpc) is 3.35. The van der Waals surface area contributed by atoms with E-state index in [1.54, 1.807) is 18.6 Å². The number of carboxylic acid groups (broad SMARTS) is 1. The zero-order valence-corrected chi connectivity index (χ0v) is 22.1. The number of aliphatic carboxylic acids is 1. The number of thiazole rings is 1. The van der Waals surface area contributed by atoms with Crippen LogP contribution in [0.1, 0.15) is 33.1 Å². The van der Waals surface area contributed by atoms with Crippen molar-refractivity contribution in [2.45, 2.75) is 33.1 Å². The lowest BCUT2D eigenvalue weighted by molar-refractivity contribution is -0.150. The van der Waals surface area contributed by atoms with Gasteiger partial charge in [-0.05, 0) is 50.5 Å². The van der Waals surface area contributed by atoms with Crippen molar-refractivity contribution in [3.8, 4) is 22.5 Å². The minimum Gasteiger partial charge on any atom is -0.481 e. The Morgan fingerprint density at radius 2 is 1.89 bits per heavy atom. The smallest absolute Gasteiger partial charge is 0.321 e. The highest BCUT2D eigenvalue weighted by atomic mass is 32.1. The van der Waals surface area contributed by atoms with E-state index >= 15 is 0 Å². The quantitative estimate of drug-likeness (QED) is 0.302. The fraction of sp³-hybridized carbons (Fsp3) is 0.333. The molecule has 2 amide bonds.